The van der Waals surface area contributed by atoms with Crippen molar-refractivity contribution in [3.63, 3.8) is 0 Å². The molecule has 0 saturated carbocycles. The standard InChI is InChI=1S/C24H31N3O2S/c1-3-4-5-6-10-16-22(28)27-24(30)26-21-15-11-14-20(17-21)23(29)25-18(2)19-12-8-7-9-13-19/h7-9,11-15,17-18H,3-6,10,16H2,1-2H3,(H,25,29)(H2,26,27,28,30). The van der Waals surface area contributed by atoms with Crippen molar-refractivity contribution in [1.29, 1.82) is 0 Å². The van der Waals surface area contributed by atoms with Crippen LogP contribution in [0.15, 0.2) is 54.6 Å². The predicted molar refractivity (Wildman–Crippen MR) is 127 cm³/mol. The number of anilines is 1. The van der Waals surface area contributed by atoms with Gasteiger partial charge in [0.15, 0.2) is 5.11 Å². The molecule has 0 saturated heterocycles. The smallest absolute Gasteiger partial charge is 0.251 e. The van der Waals surface area contributed by atoms with Gasteiger partial charge in [0, 0.05) is 17.7 Å². The lowest BCUT2D eigenvalue weighted by Gasteiger charge is -2.15. The Morgan fingerprint density at radius 3 is 2.43 bits per heavy atom. The molecule has 2 rings (SSSR count). The van der Waals surface area contributed by atoms with E-state index in [0.717, 1.165) is 24.8 Å². The quantitative estimate of drug-likeness (QED) is 0.354. The molecular formula is C24H31N3O2S. The first-order valence-electron chi connectivity index (χ1n) is 10.6. The zero-order valence-electron chi connectivity index (χ0n) is 17.7. The maximum Gasteiger partial charge on any atom is 0.251 e. The second-order valence-electron chi connectivity index (χ2n) is 7.35. The van der Waals surface area contributed by atoms with Crippen LogP contribution in [0, 0.1) is 0 Å². The van der Waals surface area contributed by atoms with E-state index >= 15 is 0 Å². The number of amides is 2. The maximum atomic E-state index is 12.6. The Labute approximate surface area is 184 Å². The van der Waals surface area contributed by atoms with E-state index < -0.39 is 0 Å². The first-order chi connectivity index (χ1) is 14.5. The fourth-order valence-corrected chi connectivity index (χ4v) is 3.32. The van der Waals surface area contributed by atoms with Gasteiger partial charge in [-0.3, -0.25) is 9.59 Å². The van der Waals surface area contributed by atoms with E-state index in [9.17, 15) is 9.59 Å². The van der Waals surface area contributed by atoms with Crippen LogP contribution in [-0.4, -0.2) is 16.9 Å². The van der Waals surface area contributed by atoms with Crippen molar-refractivity contribution >= 4 is 34.8 Å². The van der Waals surface area contributed by atoms with Crippen LogP contribution in [0.2, 0.25) is 0 Å². The van der Waals surface area contributed by atoms with Crippen molar-refractivity contribution in [1.82, 2.24) is 10.6 Å². The molecule has 3 N–H and O–H groups in total. The molecule has 0 heterocycles. The first-order valence-corrected chi connectivity index (χ1v) is 11.0. The molecule has 0 fully saturated rings. The lowest BCUT2D eigenvalue weighted by Crippen LogP contribution is -2.34. The van der Waals surface area contributed by atoms with Crippen LogP contribution >= 0.6 is 12.2 Å². The lowest BCUT2D eigenvalue weighted by molar-refractivity contribution is -0.119. The first kappa shape index (κ1) is 23.5. The Kier molecular flexibility index (Phi) is 10.0. The van der Waals surface area contributed by atoms with Crippen LogP contribution in [0.5, 0.6) is 0 Å². The number of carbonyl (C=O) groups excluding carboxylic acids is 2. The fraction of sp³-hybridized carbons (Fsp3) is 0.375. The van der Waals surface area contributed by atoms with Crippen LogP contribution in [0.3, 0.4) is 0 Å². The Hall–Kier alpha value is -2.73. The number of hydrogen-bond acceptors (Lipinski definition) is 3. The summed E-state index contributed by atoms with van der Waals surface area (Å²) in [7, 11) is 0. The molecule has 0 radical (unpaired) electrons. The van der Waals surface area contributed by atoms with E-state index in [2.05, 4.69) is 22.9 Å². The van der Waals surface area contributed by atoms with Gasteiger partial charge in [-0.25, -0.2) is 0 Å². The molecule has 1 unspecified atom stereocenters. The van der Waals surface area contributed by atoms with Gasteiger partial charge in [-0.1, -0.05) is 69.0 Å². The average Bonchev–Trinajstić information content (AvgIpc) is 2.74. The molecule has 0 aromatic heterocycles. The number of rotatable bonds is 10. The summed E-state index contributed by atoms with van der Waals surface area (Å²) in [6.45, 7) is 4.11. The molecule has 0 spiro atoms. The van der Waals surface area contributed by atoms with Crippen LogP contribution in [-0.2, 0) is 4.79 Å². The van der Waals surface area contributed by atoms with Crippen molar-refractivity contribution in [2.24, 2.45) is 0 Å². The third-order valence-corrected chi connectivity index (χ3v) is 4.99. The summed E-state index contributed by atoms with van der Waals surface area (Å²) in [5, 5.41) is 8.92. The molecule has 0 aliphatic rings. The highest BCUT2D eigenvalue weighted by molar-refractivity contribution is 7.80. The fourth-order valence-electron chi connectivity index (χ4n) is 3.08. The van der Waals surface area contributed by atoms with Crippen LogP contribution in [0.4, 0.5) is 5.69 Å². The van der Waals surface area contributed by atoms with E-state index in [1.165, 1.54) is 12.8 Å². The van der Waals surface area contributed by atoms with Gasteiger partial charge in [0.25, 0.3) is 5.91 Å². The Morgan fingerprint density at radius 2 is 1.70 bits per heavy atom. The molecule has 2 amide bonds. The number of hydrogen-bond donors (Lipinski definition) is 3. The van der Waals surface area contributed by atoms with Gasteiger partial charge in [0.2, 0.25) is 5.91 Å². The zero-order valence-corrected chi connectivity index (χ0v) is 18.6. The average molecular weight is 426 g/mol. The summed E-state index contributed by atoms with van der Waals surface area (Å²) in [5.41, 5.74) is 2.22. The van der Waals surface area contributed by atoms with Crippen molar-refractivity contribution in [3.05, 3.63) is 65.7 Å². The molecule has 6 heteroatoms. The molecule has 0 aliphatic carbocycles. The topological polar surface area (TPSA) is 70.2 Å². The SMILES string of the molecule is CCCCCCCC(=O)NC(=S)Nc1cccc(C(=O)NC(C)c2ccccc2)c1. The van der Waals surface area contributed by atoms with Gasteiger partial charge < -0.3 is 16.0 Å². The second-order valence-corrected chi connectivity index (χ2v) is 7.76. The van der Waals surface area contributed by atoms with E-state index in [-0.39, 0.29) is 23.0 Å². The molecule has 2 aromatic rings. The third kappa shape index (κ3) is 8.33. The highest BCUT2D eigenvalue weighted by Gasteiger charge is 2.12. The van der Waals surface area contributed by atoms with Gasteiger partial charge in [-0.2, -0.15) is 0 Å². The minimum absolute atomic E-state index is 0.0883. The minimum Gasteiger partial charge on any atom is -0.346 e. The molecular weight excluding hydrogens is 394 g/mol. The number of carbonyl (C=O) groups is 2. The van der Waals surface area contributed by atoms with Crippen molar-refractivity contribution in [2.45, 2.75) is 58.4 Å². The zero-order chi connectivity index (χ0) is 21.8. The Balaban J connectivity index is 1.83. The monoisotopic (exact) mass is 425 g/mol. The van der Waals surface area contributed by atoms with E-state index in [1.54, 1.807) is 24.3 Å². The van der Waals surface area contributed by atoms with Gasteiger partial charge in [0.05, 0.1) is 6.04 Å². The van der Waals surface area contributed by atoms with Crippen LogP contribution in [0.25, 0.3) is 0 Å². The maximum absolute atomic E-state index is 12.6. The molecule has 1 atom stereocenters. The van der Waals surface area contributed by atoms with Crippen molar-refractivity contribution < 1.29 is 9.59 Å². The highest BCUT2D eigenvalue weighted by atomic mass is 32.1. The largest absolute Gasteiger partial charge is 0.346 e. The van der Waals surface area contributed by atoms with E-state index in [4.69, 9.17) is 12.2 Å². The second kappa shape index (κ2) is 12.8. The molecule has 30 heavy (non-hydrogen) atoms. The normalized spacial score (nSPS) is 11.4. The molecule has 0 aliphatic heterocycles. The van der Waals surface area contributed by atoms with Crippen molar-refractivity contribution in [3.8, 4) is 0 Å². The summed E-state index contributed by atoms with van der Waals surface area (Å²) < 4.78 is 0. The lowest BCUT2D eigenvalue weighted by atomic mass is 10.1. The van der Waals surface area contributed by atoms with Crippen LogP contribution in [0.1, 0.15) is 74.3 Å². The summed E-state index contributed by atoms with van der Waals surface area (Å²) in [4.78, 5) is 24.6. The number of unbranched alkanes of at least 4 members (excludes halogenated alkanes) is 4. The molecule has 5 nitrogen and oxygen atoms in total. The van der Waals surface area contributed by atoms with Gasteiger partial charge in [-0.15, -0.1) is 0 Å². The van der Waals surface area contributed by atoms with Crippen LogP contribution < -0.4 is 16.0 Å². The Bertz CT molecular complexity index is 839. The molecule has 2 aromatic carbocycles. The summed E-state index contributed by atoms with van der Waals surface area (Å²) >= 11 is 5.23. The third-order valence-electron chi connectivity index (χ3n) is 4.79. The van der Waals surface area contributed by atoms with Gasteiger partial charge >= 0.3 is 0 Å². The number of thiocarbonyl (C=S) groups is 1. The molecule has 0 bridgehead atoms. The minimum atomic E-state index is -0.169. The summed E-state index contributed by atoms with van der Waals surface area (Å²) in [5.74, 6) is -0.258. The van der Waals surface area contributed by atoms with Gasteiger partial charge in [-0.05, 0) is 49.3 Å². The number of nitrogens with one attached hydrogen (secondary N) is 3. The predicted octanol–water partition coefficient (Wildman–Crippen LogP) is 5.35. The number of benzene rings is 2. The van der Waals surface area contributed by atoms with Crippen molar-refractivity contribution in [2.75, 3.05) is 5.32 Å². The molecule has 160 valence electrons. The van der Waals surface area contributed by atoms with E-state index in [0.29, 0.717) is 17.7 Å². The Morgan fingerprint density at radius 1 is 0.967 bits per heavy atom. The summed E-state index contributed by atoms with van der Waals surface area (Å²) in [6, 6.07) is 16.7. The van der Waals surface area contributed by atoms with E-state index in [1.807, 2.05) is 37.3 Å². The highest BCUT2D eigenvalue weighted by Crippen LogP contribution is 2.15. The van der Waals surface area contributed by atoms with Gasteiger partial charge in [0.1, 0.15) is 0 Å². The summed E-state index contributed by atoms with van der Waals surface area (Å²) in [6.07, 6.45) is 5.93.